The highest BCUT2D eigenvalue weighted by Gasteiger charge is 2.18. The van der Waals surface area contributed by atoms with Crippen LogP contribution in [-0.2, 0) is 0 Å². The van der Waals surface area contributed by atoms with Crippen LogP contribution >= 0.6 is 0 Å². The van der Waals surface area contributed by atoms with Crippen LogP contribution in [0, 0.1) is 0 Å². The maximum Gasteiger partial charge on any atom is 0.0781 e. The van der Waals surface area contributed by atoms with Gasteiger partial charge in [-0.1, -0.05) is 18.2 Å². The first-order chi connectivity index (χ1) is 6.77. The van der Waals surface area contributed by atoms with Gasteiger partial charge in [-0.2, -0.15) is 0 Å². The molecule has 0 radical (unpaired) electrons. The Morgan fingerprint density at radius 3 is 2.64 bits per heavy atom. The minimum atomic E-state index is -0.390. The molecule has 2 rings (SSSR count). The summed E-state index contributed by atoms with van der Waals surface area (Å²) in [5.74, 6) is 0. The number of rotatable bonds is 3. The molecular formula is C12H17NO. The van der Waals surface area contributed by atoms with Gasteiger partial charge in [0, 0.05) is 17.3 Å². The van der Waals surface area contributed by atoms with Crippen molar-refractivity contribution in [2.45, 2.75) is 38.3 Å². The van der Waals surface area contributed by atoms with Gasteiger partial charge >= 0.3 is 0 Å². The Morgan fingerprint density at radius 2 is 2.07 bits per heavy atom. The predicted molar refractivity (Wildman–Crippen MR) is 58.3 cm³/mol. The zero-order valence-corrected chi connectivity index (χ0v) is 8.53. The third-order valence-electron chi connectivity index (χ3n) is 2.88. The van der Waals surface area contributed by atoms with Crippen molar-refractivity contribution in [2.75, 3.05) is 5.32 Å². The average molecular weight is 191 g/mol. The summed E-state index contributed by atoms with van der Waals surface area (Å²) in [7, 11) is 0. The van der Waals surface area contributed by atoms with Crippen LogP contribution in [0.2, 0.25) is 0 Å². The second-order valence-electron chi connectivity index (χ2n) is 4.04. The number of aliphatic hydroxyl groups is 1. The molecule has 1 aromatic rings. The lowest BCUT2D eigenvalue weighted by atomic mass is 9.92. The Morgan fingerprint density at radius 1 is 1.36 bits per heavy atom. The molecule has 14 heavy (non-hydrogen) atoms. The number of hydrogen-bond donors (Lipinski definition) is 2. The van der Waals surface area contributed by atoms with E-state index in [0.29, 0.717) is 6.04 Å². The molecule has 1 aliphatic carbocycles. The van der Waals surface area contributed by atoms with E-state index in [-0.39, 0.29) is 0 Å². The van der Waals surface area contributed by atoms with E-state index in [0.717, 1.165) is 11.3 Å². The first kappa shape index (κ1) is 9.53. The highest BCUT2D eigenvalue weighted by atomic mass is 16.3. The second-order valence-corrected chi connectivity index (χ2v) is 4.04. The fraction of sp³-hybridized carbons (Fsp3) is 0.500. The van der Waals surface area contributed by atoms with E-state index in [1.807, 2.05) is 24.3 Å². The van der Waals surface area contributed by atoms with Gasteiger partial charge in [0.15, 0.2) is 0 Å². The Hall–Kier alpha value is -1.02. The summed E-state index contributed by atoms with van der Waals surface area (Å²) in [6, 6.07) is 8.61. The molecule has 1 atom stereocenters. The molecule has 0 bridgehead atoms. The molecule has 1 aromatic carbocycles. The van der Waals surface area contributed by atoms with E-state index in [1.54, 1.807) is 6.92 Å². The number of nitrogens with one attached hydrogen (secondary N) is 1. The van der Waals surface area contributed by atoms with E-state index >= 15 is 0 Å². The predicted octanol–water partition coefficient (Wildman–Crippen LogP) is 2.70. The van der Waals surface area contributed by atoms with Crippen LogP contribution in [0.15, 0.2) is 24.3 Å². The van der Waals surface area contributed by atoms with Crippen LogP contribution in [0.3, 0.4) is 0 Å². The van der Waals surface area contributed by atoms with Gasteiger partial charge < -0.3 is 10.4 Å². The average Bonchev–Trinajstić information content (AvgIpc) is 2.12. The zero-order valence-electron chi connectivity index (χ0n) is 8.53. The third-order valence-corrected chi connectivity index (χ3v) is 2.88. The minimum Gasteiger partial charge on any atom is -0.389 e. The van der Waals surface area contributed by atoms with Crippen molar-refractivity contribution in [2.24, 2.45) is 0 Å². The van der Waals surface area contributed by atoms with Gasteiger partial charge in [0.05, 0.1) is 6.10 Å². The van der Waals surface area contributed by atoms with Crippen molar-refractivity contribution in [3.8, 4) is 0 Å². The van der Waals surface area contributed by atoms with Gasteiger partial charge in [-0.05, 0) is 32.3 Å². The molecule has 2 nitrogen and oxygen atoms in total. The standard InChI is InChI=1S/C12H17NO/c1-9(14)11-7-2-3-8-12(11)13-10-5-4-6-10/h2-3,7-10,13-14H,4-6H2,1H3. The quantitative estimate of drug-likeness (QED) is 0.770. The summed E-state index contributed by atoms with van der Waals surface area (Å²) >= 11 is 0. The lowest BCUT2D eigenvalue weighted by Gasteiger charge is -2.29. The lowest BCUT2D eigenvalue weighted by molar-refractivity contribution is 0.200. The smallest absolute Gasteiger partial charge is 0.0781 e. The molecule has 1 fully saturated rings. The number of anilines is 1. The maximum atomic E-state index is 9.57. The zero-order chi connectivity index (χ0) is 9.97. The molecule has 1 aliphatic rings. The summed E-state index contributed by atoms with van der Waals surface area (Å²) in [6.45, 7) is 1.81. The van der Waals surface area contributed by atoms with Crippen LogP contribution in [0.5, 0.6) is 0 Å². The molecule has 2 heteroatoms. The molecule has 2 N–H and O–H groups in total. The molecule has 0 saturated heterocycles. The van der Waals surface area contributed by atoms with Crippen molar-refractivity contribution < 1.29 is 5.11 Å². The topological polar surface area (TPSA) is 32.3 Å². The summed E-state index contributed by atoms with van der Waals surface area (Å²) in [4.78, 5) is 0. The summed E-state index contributed by atoms with van der Waals surface area (Å²) < 4.78 is 0. The number of hydrogen-bond acceptors (Lipinski definition) is 2. The number of para-hydroxylation sites is 1. The van der Waals surface area contributed by atoms with Crippen LogP contribution in [0.25, 0.3) is 0 Å². The Bertz CT molecular complexity index is 305. The van der Waals surface area contributed by atoms with Crippen LogP contribution in [-0.4, -0.2) is 11.1 Å². The van der Waals surface area contributed by atoms with Crippen LogP contribution in [0.4, 0.5) is 5.69 Å². The van der Waals surface area contributed by atoms with Crippen molar-refractivity contribution >= 4 is 5.69 Å². The maximum absolute atomic E-state index is 9.57. The van der Waals surface area contributed by atoms with Gasteiger partial charge in [0.1, 0.15) is 0 Å². The second kappa shape index (κ2) is 4.01. The minimum absolute atomic E-state index is 0.390. The number of aliphatic hydroxyl groups excluding tert-OH is 1. The van der Waals surface area contributed by atoms with E-state index < -0.39 is 6.10 Å². The van der Waals surface area contributed by atoms with Crippen LogP contribution < -0.4 is 5.32 Å². The van der Waals surface area contributed by atoms with E-state index in [2.05, 4.69) is 5.32 Å². The van der Waals surface area contributed by atoms with E-state index in [9.17, 15) is 5.11 Å². The molecule has 1 saturated carbocycles. The van der Waals surface area contributed by atoms with Crippen LogP contribution in [0.1, 0.15) is 37.9 Å². The Labute approximate surface area is 85.0 Å². The van der Waals surface area contributed by atoms with Crippen molar-refractivity contribution in [3.63, 3.8) is 0 Å². The molecule has 76 valence electrons. The molecule has 0 spiro atoms. The van der Waals surface area contributed by atoms with Gasteiger partial charge in [0.25, 0.3) is 0 Å². The third kappa shape index (κ3) is 1.90. The largest absolute Gasteiger partial charge is 0.389 e. The van der Waals surface area contributed by atoms with E-state index in [1.165, 1.54) is 19.3 Å². The highest BCUT2D eigenvalue weighted by molar-refractivity contribution is 5.52. The Kier molecular flexibility index (Phi) is 2.73. The van der Waals surface area contributed by atoms with Gasteiger partial charge in [0.2, 0.25) is 0 Å². The first-order valence-corrected chi connectivity index (χ1v) is 5.31. The molecule has 0 aliphatic heterocycles. The fourth-order valence-electron chi connectivity index (χ4n) is 1.77. The summed E-state index contributed by atoms with van der Waals surface area (Å²) in [5.41, 5.74) is 2.09. The SMILES string of the molecule is CC(O)c1ccccc1NC1CCC1. The molecule has 0 amide bonds. The van der Waals surface area contributed by atoms with Gasteiger partial charge in [-0.3, -0.25) is 0 Å². The van der Waals surface area contributed by atoms with E-state index in [4.69, 9.17) is 0 Å². The molecule has 0 heterocycles. The molecular weight excluding hydrogens is 174 g/mol. The first-order valence-electron chi connectivity index (χ1n) is 5.31. The summed E-state index contributed by atoms with van der Waals surface area (Å²) in [5, 5.41) is 13.0. The van der Waals surface area contributed by atoms with Gasteiger partial charge in [-0.25, -0.2) is 0 Å². The lowest BCUT2D eigenvalue weighted by Crippen LogP contribution is -2.27. The van der Waals surface area contributed by atoms with Gasteiger partial charge in [-0.15, -0.1) is 0 Å². The fourth-order valence-corrected chi connectivity index (χ4v) is 1.77. The highest BCUT2D eigenvalue weighted by Crippen LogP contribution is 2.27. The molecule has 1 unspecified atom stereocenters. The van der Waals surface area contributed by atoms with Crippen molar-refractivity contribution in [1.82, 2.24) is 0 Å². The summed E-state index contributed by atoms with van der Waals surface area (Å²) in [6.07, 6.45) is 3.45. The number of benzene rings is 1. The monoisotopic (exact) mass is 191 g/mol. The van der Waals surface area contributed by atoms with Crippen molar-refractivity contribution in [1.29, 1.82) is 0 Å². The molecule has 0 aromatic heterocycles. The van der Waals surface area contributed by atoms with Crippen molar-refractivity contribution in [3.05, 3.63) is 29.8 Å². The Balaban J connectivity index is 2.13. The normalized spacial score (nSPS) is 18.7.